The van der Waals surface area contributed by atoms with Gasteiger partial charge in [-0.1, -0.05) is 56.9 Å². The minimum atomic E-state index is -1.11. The summed E-state index contributed by atoms with van der Waals surface area (Å²) in [5.74, 6) is 6.52. The molecule has 2 aromatic carbocycles. The van der Waals surface area contributed by atoms with E-state index in [0.717, 1.165) is 71.0 Å². The molecule has 2 unspecified atom stereocenters. The summed E-state index contributed by atoms with van der Waals surface area (Å²) in [6.45, 7) is 11.7. The number of ether oxygens (including phenoxy) is 2. The largest absolute Gasteiger partial charge is 0.412 e. The first-order valence-electron chi connectivity index (χ1n) is 19.1. The van der Waals surface area contributed by atoms with Crippen LogP contribution in [-0.2, 0) is 19.1 Å². The van der Waals surface area contributed by atoms with Gasteiger partial charge in [0.2, 0.25) is 0 Å². The van der Waals surface area contributed by atoms with Crippen molar-refractivity contribution in [2.75, 3.05) is 0 Å². The number of nitrogens with zero attached hydrogens (tertiary/aromatic N) is 4. The highest BCUT2D eigenvalue weighted by Crippen LogP contribution is 2.44. The van der Waals surface area contributed by atoms with E-state index in [1.807, 2.05) is 69.3 Å². The molecule has 2 aromatic heterocycles. The van der Waals surface area contributed by atoms with Gasteiger partial charge in [0, 0.05) is 23.2 Å². The molecule has 4 aromatic rings. The number of aromatic amines is 2. The molecule has 0 aliphatic carbocycles. The maximum Gasteiger partial charge on any atom is 0.412 e. The molecule has 294 valence electrons. The number of carbonyl (C=O) groups is 4. The molecule has 2 amide bonds. The van der Waals surface area contributed by atoms with Crippen LogP contribution in [0.25, 0.3) is 22.5 Å². The maximum absolute atomic E-state index is 13.2. The van der Waals surface area contributed by atoms with Gasteiger partial charge in [0.1, 0.15) is 23.2 Å². The fourth-order valence-electron chi connectivity index (χ4n) is 8.26. The van der Waals surface area contributed by atoms with Crippen LogP contribution in [0.1, 0.15) is 109 Å². The second kappa shape index (κ2) is 16.5. The van der Waals surface area contributed by atoms with Crippen molar-refractivity contribution in [3.05, 3.63) is 83.7 Å². The average molecular weight is 763 g/mol. The Bertz CT molecular complexity index is 2130. The van der Waals surface area contributed by atoms with E-state index in [2.05, 4.69) is 50.4 Å². The van der Waals surface area contributed by atoms with Gasteiger partial charge in [0.05, 0.1) is 35.9 Å². The summed E-state index contributed by atoms with van der Waals surface area (Å²) in [6.07, 6.45) is 5.17. The molecule has 2 fully saturated rings. The summed E-state index contributed by atoms with van der Waals surface area (Å²) in [5, 5.41) is 0. The molecule has 6 N–H and O–H groups in total. The van der Waals surface area contributed by atoms with Gasteiger partial charge in [-0.3, -0.25) is 9.80 Å². The molecule has 14 heteroatoms. The first-order valence-corrected chi connectivity index (χ1v) is 19.1. The smallest absolute Gasteiger partial charge is 0.375 e. The highest BCUT2D eigenvalue weighted by Gasteiger charge is 2.52. The number of carbonyl (C=O) groups excluding carboxylic acids is 4. The van der Waals surface area contributed by atoms with Crippen LogP contribution in [0, 0.1) is 17.8 Å². The Morgan fingerprint density at radius 2 is 1.27 bits per heavy atom. The molecule has 56 heavy (non-hydrogen) atoms. The highest BCUT2D eigenvalue weighted by atomic mass is 16.6. The van der Waals surface area contributed by atoms with Crippen molar-refractivity contribution in [2.24, 2.45) is 17.4 Å². The number of hydrogen-bond acceptors (Lipinski definition) is 10. The quantitative estimate of drug-likeness (QED) is 0.0801. The van der Waals surface area contributed by atoms with Gasteiger partial charge in [-0.15, -0.1) is 0 Å². The normalized spacial score (nSPS) is 21.6. The fourth-order valence-corrected chi connectivity index (χ4v) is 8.26. The number of hydrogen-bond donors (Lipinski definition) is 4. The zero-order valence-corrected chi connectivity index (χ0v) is 32.7. The van der Waals surface area contributed by atoms with Gasteiger partial charge in [-0.2, -0.15) is 0 Å². The lowest BCUT2D eigenvalue weighted by atomic mass is 9.85. The van der Waals surface area contributed by atoms with E-state index in [0.29, 0.717) is 6.42 Å². The molecule has 2 aliphatic heterocycles. The monoisotopic (exact) mass is 762 g/mol. The van der Waals surface area contributed by atoms with E-state index >= 15 is 0 Å². The van der Waals surface area contributed by atoms with Crippen LogP contribution in [0.3, 0.4) is 0 Å². The molecule has 6 atom stereocenters. The van der Waals surface area contributed by atoms with E-state index in [9.17, 15) is 19.2 Å². The molecule has 6 rings (SSSR count). The third-order valence-electron chi connectivity index (χ3n) is 11.4. The minimum absolute atomic E-state index is 0.0530. The van der Waals surface area contributed by atoms with Crippen molar-refractivity contribution in [2.45, 2.75) is 109 Å². The lowest BCUT2D eigenvalue weighted by Gasteiger charge is -2.44. The van der Waals surface area contributed by atoms with Gasteiger partial charge in [-0.05, 0) is 94.2 Å². The number of primary amides is 2. The van der Waals surface area contributed by atoms with E-state index in [1.165, 1.54) is 0 Å². The molecule has 0 bridgehead atoms. The third kappa shape index (κ3) is 8.10. The topological polar surface area (TPSA) is 203 Å². The van der Waals surface area contributed by atoms with Crippen LogP contribution in [-0.4, -0.2) is 77.5 Å². The average Bonchev–Trinajstić information content (AvgIpc) is 3.98. The number of esters is 2. The maximum atomic E-state index is 13.2. The molecule has 2 aliphatic rings. The number of amides is 2. The van der Waals surface area contributed by atoms with Crippen LogP contribution in [0.4, 0.5) is 9.59 Å². The van der Waals surface area contributed by atoms with Crippen molar-refractivity contribution in [1.82, 2.24) is 29.7 Å². The molecular formula is C42H50N8O6. The molecule has 0 saturated carbocycles. The summed E-state index contributed by atoms with van der Waals surface area (Å²) in [6, 6.07) is 15.1. The number of imidazole rings is 2. The second-order valence-corrected chi connectivity index (χ2v) is 15.2. The van der Waals surface area contributed by atoms with E-state index in [-0.39, 0.29) is 30.1 Å². The third-order valence-corrected chi connectivity index (χ3v) is 11.4. The number of nitrogens with one attached hydrogen (secondary N) is 2. The predicted molar refractivity (Wildman–Crippen MR) is 209 cm³/mol. The minimum Gasteiger partial charge on any atom is -0.375 e. The van der Waals surface area contributed by atoms with E-state index in [1.54, 1.807) is 19.3 Å². The lowest BCUT2D eigenvalue weighted by molar-refractivity contribution is -0.156. The zero-order chi connectivity index (χ0) is 40.3. The highest BCUT2D eigenvalue weighted by molar-refractivity contribution is 5.90. The van der Waals surface area contributed by atoms with Crippen LogP contribution < -0.4 is 11.5 Å². The Labute approximate surface area is 326 Å². The van der Waals surface area contributed by atoms with Crippen LogP contribution >= 0.6 is 0 Å². The summed E-state index contributed by atoms with van der Waals surface area (Å²) < 4.78 is 9.66. The summed E-state index contributed by atoms with van der Waals surface area (Å²) in [4.78, 5) is 69.1. The number of nitrogens with two attached hydrogens (primary N) is 2. The van der Waals surface area contributed by atoms with Gasteiger partial charge in [-0.25, -0.2) is 29.1 Å². The predicted octanol–water partition coefficient (Wildman–Crippen LogP) is 6.35. The fraction of sp³-hybridized carbons (Fsp3) is 0.429. The Morgan fingerprint density at radius 3 is 1.75 bits per heavy atom. The van der Waals surface area contributed by atoms with Crippen molar-refractivity contribution in [3.63, 3.8) is 0 Å². The number of aromatic nitrogens is 4. The molecular weight excluding hydrogens is 713 g/mol. The molecule has 14 nitrogen and oxygen atoms in total. The first-order chi connectivity index (χ1) is 26.7. The van der Waals surface area contributed by atoms with E-state index in [4.69, 9.17) is 25.9 Å². The van der Waals surface area contributed by atoms with Gasteiger partial charge < -0.3 is 30.9 Å². The van der Waals surface area contributed by atoms with Crippen molar-refractivity contribution in [3.8, 4) is 34.4 Å². The van der Waals surface area contributed by atoms with Crippen molar-refractivity contribution < 1.29 is 28.7 Å². The van der Waals surface area contributed by atoms with Crippen molar-refractivity contribution in [1.29, 1.82) is 0 Å². The lowest BCUT2D eigenvalue weighted by Crippen LogP contribution is -2.59. The standard InChI is InChI=1S/C42H50N8O6/c1-7-33(38(51)55-40(43)53)49-25(4)8-20-34(49)36-45-22-31(47-36)29-16-12-27(13-17-29)10-11-28-14-18-30(19-15-28)32-23-46-37(48-32)35-21-9-26(5)50(35)42(6,24(2)3)39(52)56-41(44)54/h12-19,22-26,33-35H,7-9,20-21H2,1-6H3,(H2,43,53)(H2,44,54)(H,45,47)(H,46,48)/t25-,26-,33-,34?,35?,42-/m0/s1. The van der Waals surface area contributed by atoms with Gasteiger partial charge >= 0.3 is 24.1 Å². The Kier molecular flexibility index (Phi) is 11.8. The Balaban J connectivity index is 1.12. The molecule has 0 spiro atoms. The summed E-state index contributed by atoms with van der Waals surface area (Å²) in [5.41, 5.74) is 14.5. The Morgan fingerprint density at radius 1 is 0.786 bits per heavy atom. The molecule has 2 saturated heterocycles. The van der Waals surface area contributed by atoms with Gasteiger partial charge in [0.25, 0.3) is 0 Å². The van der Waals surface area contributed by atoms with Crippen LogP contribution in [0.15, 0.2) is 60.9 Å². The number of likely N-dealkylation sites (tertiary alicyclic amines) is 2. The number of H-pyrrole nitrogens is 2. The summed E-state index contributed by atoms with van der Waals surface area (Å²) in [7, 11) is 0. The first kappa shape index (κ1) is 39.9. The van der Waals surface area contributed by atoms with Crippen LogP contribution in [0.5, 0.6) is 0 Å². The zero-order valence-electron chi connectivity index (χ0n) is 32.7. The number of benzene rings is 2. The van der Waals surface area contributed by atoms with Crippen LogP contribution in [0.2, 0.25) is 0 Å². The Hall–Kier alpha value is -5.78. The second-order valence-electron chi connectivity index (χ2n) is 15.2. The summed E-state index contributed by atoms with van der Waals surface area (Å²) >= 11 is 0. The SMILES string of the molecule is CC[C@@H](C(=O)OC(N)=O)N1C(c2ncc(-c3ccc(C#Cc4ccc(-c5cnc(C6CC[C@H](C)N6[C@](C)(C(=O)OC(N)=O)C(C)C)[nH]5)cc4)cc3)[nH]2)CC[C@@H]1C. The number of rotatable bonds is 10. The molecule has 4 heterocycles. The molecule has 0 radical (unpaired) electrons. The van der Waals surface area contributed by atoms with E-state index < -0.39 is 35.7 Å². The van der Waals surface area contributed by atoms with Crippen molar-refractivity contribution >= 4 is 24.1 Å². The van der Waals surface area contributed by atoms with Gasteiger partial charge in [0.15, 0.2) is 0 Å².